The summed E-state index contributed by atoms with van der Waals surface area (Å²) in [5.41, 5.74) is -0.487. The SMILES string of the molecule is CC(C)(C)OC(=O)CCCCC1(c2ccccc2)CN1S(=O)(=O)c1ccc([N+](=O)[O-])cc1. The highest BCUT2D eigenvalue weighted by atomic mass is 32.2. The van der Waals surface area contributed by atoms with Crippen LogP contribution >= 0.6 is 0 Å². The molecule has 2 aromatic carbocycles. The van der Waals surface area contributed by atoms with E-state index in [-0.39, 0.29) is 23.0 Å². The van der Waals surface area contributed by atoms with Crippen molar-refractivity contribution in [1.82, 2.24) is 4.31 Å². The van der Waals surface area contributed by atoms with Crippen LogP contribution in [0, 0.1) is 10.1 Å². The standard InChI is InChI=1S/C23H28N2O6S/c1-22(2,3)31-21(26)11-7-8-16-23(18-9-5-4-6-10-18)17-24(23)32(29,30)20-14-12-19(13-15-20)25(27)28/h4-6,9-10,12-15H,7-8,11,16-17H2,1-3H3. The largest absolute Gasteiger partial charge is 0.460 e. The molecular weight excluding hydrogens is 432 g/mol. The van der Waals surface area contributed by atoms with Gasteiger partial charge in [0.1, 0.15) is 5.60 Å². The van der Waals surface area contributed by atoms with Gasteiger partial charge in [0.05, 0.1) is 15.4 Å². The number of ether oxygens (including phenoxy) is 1. The first-order valence-corrected chi connectivity index (χ1v) is 11.9. The summed E-state index contributed by atoms with van der Waals surface area (Å²) < 4.78 is 33.3. The molecule has 8 nitrogen and oxygen atoms in total. The Bertz CT molecular complexity index is 1080. The van der Waals surface area contributed by atoms with Crippen LogP contribution < -0.4 is 0 Å². The zero-order valence-corrected chi connectivity index (χ0v) is 19.3. The molecule has 0 aromatic heterocycles. The van der Waals surface area contributed by atoms with Gasteiger partial charge in [0.15, 0.2) is 0 Å². The highest BCUT2D eigenvalue weighted by molar-refractivity contribution is 7.89. The number of nitro groups is 1. The zero-order valence-electron chi connectivity index (χ0n) is 18.5. The Labute approximate surface area is 188 Å². The van der Waals surface area contributed by atoms with Crippen molar-refractivity contribution in [2.75, 3.05) is 6.54 Å². The maximum atomic E-state index is 13.2. The van der Waals surface area contributed by atoms with Crippen molar-refractivity contribution >= 4 is 21.7 Å². The lowest BCUT2D eigenvalue weighted by molar-refractivity contribution is -0.384. The highest BCUT2D eigenvalue weighted by Gasteiger charge is 2.59. The van der Waals surface area contributed by atoms with E-state index in [1.165, 1.54) is 28.6 Å². The van der Waals surface area contributed by atoms with E-state index < -0.39 is 26.1 Å². The Kier molecular flexibility index (Phi) is 6.71. The topological polar surface area (TPSA) is 107 Å². The molecule has 172 valence electrons. The molecule has 0 amide bonds. The van der Waals surface area contributed by atoms with Gasteiger partial charge in [0.25, 0.3) is 5.69 Å². The van der Waals surface area contributed by atoms with Gasteiger partial charge in [-0.05, 0) is 51.3 Å². The second-order valence-electron chi connectivity index (χ2n) is 8.95. The van der Waals surface area contributed by atoms with Crippen LogP contribution in [0.3, 0.4) is 0 Å². The molecular formula is C23H28N2O6S. The van der Waals surface area contributed by atoms with Crippen molar-refractivity contribution in [3.05, 3.63) is 70.3 Å². The fraction of sp³-hybridized carbons (Fsp3) is 0.435. The van der Waals surface area contributed by atoms with Gasteiger partial charge in [-0.1, -0.05) is 36.8 Å². The van der Waals surface area contributed by atoms with Crippen molar-refractivity contribution < 1.29 is 22.9 Å². The number of carbonyl (C=O) groups excluding carboxylic acids is 1. The van der Waals surface area contributed by atoms with E-state index in [1.807, 2.05) is 51.1 Å². The molecule has 32 heavy (non-hydrogen) atoms. The van der Waals surface area contributed by atoms with Crippen molar-refractivity contribution in [3.63, 3.8) is 0 Å². The first-order chi connectivity index (χ1) is 15.0. The van der Waals surface area contributed by atoms with Gasteiger partial charge in [-0.15, -0.1) is 0 Å². The monoisotopic (exact) mass is 460 g/mol. The van der Waals surface area contributed by atoms with E-state index >= 15 is 0 Å². The first kappa shape index (κ1) is 23.9. The van der Waals surface area contributed by atoms with E-state index in [2.05, 4.69) is 0 Å². The molecule has 1 aliphatic rings. The lowest BCUT2D eigenvalue weighted by Crippen LogP contribution is -2.24. The second kappa shape index (κ2) is 8.99. The molecule has 0 N–H and O–H groups in total. The Balaban J connectivity index is 1.74. The number of rotatable bonds is 9. The fourth-order valence-corrected chi connectivity index (χ4v) is 5.57. The molecule has 2 aromatic rings. The smallest absolute Gasteiger partial charge is 0.306 e. The average Bonchev–Trinajstić information content (AvgIpc) is 3.47. The molecule has 9 heteroatoms. The number of carbonyl (C=O) groups is 1. The zero-order chi connectivity index (χ0) is 23.6. The summed E-state index contributed by atoms with van der Waals surface area (Å²) in [6, 6.07) is 14.3. The number of nitrogens with zero attached hydrogens (tertiary/aromatic N) is 2. The number of non-ortho nitro benzene ring substituents is 1. The molecule has 1 saturated heterocycles. The molecule has 3 rings (SSSR count). The van der Waals surface area contributed by atoms with E-state index in [0.29, 0.717) is 25.8 Å². The van der Waals surface area contributed by atoms with Crippen molar-refractivity contribution in [2.24, 2.45) is 0 Å². The fourth-order valence-electron chi connectivity index (χ4n) is 3.80. The van der Waals surface area contributed by atoms with E-state index in [0.717, 1.165) is 5.56 Å². The molecule has 1 fully saturated rings. The van der Waals surface area contributed by atoms with Gasteiger partial charge in [0, 0.05) is 25.1 Å². The Morgan fingerprint density at radius 2 is 1.72 bits per heavy atom. The predicted molar refractivity (Wildman–Crippen MR) is 119 cm³/mol. The van der Waals surface area contributed by atoms with E-state index in [9.17, 15) is 23.3 Å². The Morgan fingerprint density at radius 1 is 1.09 bits per heavy atom. The van der Waals surface area contributed by atoms with Crippen molar-refractivity contribution in [1.29, 1.82) is 0 Å². The number of benzene rings is 2. The van der Waals surface area contributed by atoms with Crippen molar-refractivity contribution in [3.8, 4) is 0 Å². The summed E-state index contributed by atoms with van der Waals surface area (Å²) in [5, 5.41) is 10.9. The minimum Gasteiger partial charge on any atom is -0.460 e. The summed E-state index contributed by atoms with van der Waals surface area (Å²) >= 11 is 0. The van der Waals surface area contributed by atoms with Crippen LogP contribution in [-0.4, -0.2) is 35.8 Å². The molecule has 1 aliphatic heterocycles. The van der Waals surface area contributed by atoms with Crippen LogP contribution in [0.25, 0.3) is 0 Å². The van der Waals surface area contributed by atoms with Crippen LogP contribution in [-0.2, 0) is 25.1 Å². The number of unbranched alkanes of at least 4 members (excludes halogenated alkanes) is 1. The summed E-state index contributed by atoms with van der Waals surface area (Å²) in [4.78, 5) is 22.3. The van der Waals surface area contributed by atoms with E-state index in [1.54, 1.807) is 0 Å². The lowest BCUT2D eigenvalue weighted by atomic mass is 9.93. The molecule has 1 heterocycles. The summed E-state index contributed by atoms with van der Waals surface area (Å²) in [5.74, 6) is -0.266. The molecule has 0 aliphatic carbocycles. The lowest BCUT2D eigenvalue weighted by Gasteiger charge is -2.20. The summed E-state index contributed by atoms with van der Waals surface area (Å²) in [6.45, 7) is 5.78. The van der Waals surface area contributed by atoms with Crippen LogP contribution in [0.4, 0.5) is 5.69 Å². The van der Waals surface area contributed by atoms with Crippen LogP contribution in [0.1, 0.15) is 52.0 Å². The molecule has 0 radical (unpaired) electrons. The second-order valence-corrected chi connectivity index (χ2v) is 10.8. The van der Waals surface area contributed by atoms with Crippen molar-refractivity contribution in [2.45, 2.75) is 62.5 Å². The van der Waals surface area contributed by atoms with Gasteiger partial charge in [0.2, 0.25) is 10.0 Å². The van der Waals surface area contributed by atoms with Crippen LogP contribution in [0.15, 0.2) is 59.5 Å². The van der Waals surface area contributed by atoms with Crippen LogP contribution in [0.2, 0.25) is 0 Å². The minimum absolute atomic E-state index is 0.0228. The maximum Gasteiger partial charge on any atom is 0.306 e. The molecule has 0 spiro atoms. The first-order valence-electron chi connectivity index (χ1n) is 10.5. The number of hydrogen-bond acceptors (Lipinski definition) is 6. The molecule has 2 atom stereocenters. The minimum atomic E-state index is -3.82. The number of esters is 1. The number of hydrogen-bond donors (Lipinski definition) is 0. The molecule has 0 bridgehead atoms. The third-order valence-electron chi connectivity index (χ3n) is 5.37. The average molecular weight is 461 g/mol. The summed E-state index contributed by atoms with van der Waals surface area (Å²) in [7, 11) is -3.82. The van der Waals surface area contributed by atoms with Crippen LogP contribution in [0.5, 0.6) is 0 Å². The maximum absolute atomic E-state index is 13.2. The van der Waals surface area contributed by atoms with Gasteiger partial charge in [-0.2, -0.15) is 4.31 Å². The van der Waals surface area contributed by atoms with Gasteiger partial charge in [-0.25, -0.2) is 8.42 Å². The molecule has 2 unspecified atom stereocenters. The third-order valence-corrected chi connectivity index (χ3v) is 7.29. The van der Waals surface area contributed by atoms with Gasteiger partial charge >= 0.3 is 5.97 Å². The Hall–Kier alpha value is -2.78. The van der Waals surface area contributed by atoms with Gasteiger partial charge in [-0.3, -0.25) is 14.9 Å². The van der Waals surface area contributed by atoms with E-state index in [4.69, 9.17) is 4.74 Å². The third kappa shape index (κ3) is 5.34. The summed E-state index contributed by atoms with van der Waals surface area (Å²) in [6.07, 6.45) is 2.08. The quantitative estimate of drug-likeness (QED) is 0.181. The Morgan fingerprint density at radius 3 is 2.28 bits per heavy atom. The predicted octanol–water partition coefficient (Wildman–Crippen LogP) is 4.40. The number of sulfonamides is 1. The molecule has 0 saturated carbocycles. The number of nitro benzene ring substituents is 1. The highest BCUT2D eigenvalue weighted by Crippen LogP contribution is 2.50. The normalized spacial score (nSPS) is 20.5. The van der Waals surface area contributed by atoms with Gasteiger partial charge < -0.3 is 4.74 Å².